The molecule has 2 heterocycles. The number of halogens is 5. The number of amides is 1. The number of aromatic amines is 1. The van der Waals surface area contributed by atoms with Crippen LogP contribution in [-0.2, 0) is 32.3 Å². The number of benzene rings is 1. The summed E-state index contributed by atoms with van der Waals surface area (Å²) >= 11 is 5.92. The maximum Gasteiger partial charge on any atom is 0.432 e. The highest BCUT2D eigenvalue weighted by Gasteiger charge is 2.42. The topological polar surface area (TPSA) is 171 Å². The van der Waals surface area contributed by atoms with Crippen molar-refractivity contribution in [1.82, 2.24) is 14.5 Å². The minimum absolute atomic E-state index is 0.0557. The maximum atomic E-state index is 14.7. The molecule has 36 heavy (non-hydrogen) atoms. The second-order valence-corrected chi connectivity index (χ2v) is 7.65. The van der Waals surface area contributed by atoms with Crippen molar-refractivity contribution in [3.63, 3.8) is 0 Å². The van der Waals surface area contributed by atoms with E-state index in [0.717, 1.165) is 0 Å². The standard InChI is InChI=1S/C19H13ClF4N4O8/c1-27-14(19(22,23)24)13(15(33)26-17(27)35)6-2-9(7(20)3-8(6)21)25-18-28(5-12(31)32)16(34)10(36-18)4-11(29)30/h2-3,10H,4-5H2,1H3,(H,29,30)(H,31,32)(H,26,33,35). The average Bonchev–Trinajstić information content (AvgIpc) is 2.99. The van der Waals surface area contributed by atoms with E-state index < -0.39 is 93.7 Å². The number of alkyl halides is 3. The van der Waals surface area contributed by atoms with E-state index in [4.69, 9.17) is 26.6 Å². The zero-order chi connectivity index (χ0) is 27.1. The van der Waals surface area contributed by atoms with Crippen LogP contribution in [0.1, 0.15) is 12.1 Å². The Morgan fingerprint density at radius 1 is 1.19 bits per heavy atom. The lowest BCUT2D eigenvalue weighted by molar-refractivity contribution is -0.144. The Hall–Kier alpha value is -4.21. The van der Waals surface area contributed by atoms with Crippen molar-refractivity contribution in [2.45, 2.75) is 18.7 Å². The molecule has 0 bridgehead atoms. The third kappa shape index (κ3) is 5.07. The number of nitrogens with zero attached hydrogens (tertiary/aromatic N) is 3. The van der Waals surface area contributed by atoms with Crippen LogP contribution < -0.4 is 11.2 Å². The molecule has 1 unspecified atom stereocenters. The van der Waals surface area contributed by atoms with Gasteiger partial charge in [0.25, 0.3) is 11.5 Å². The van der Waals surface area contributed by atoms with Crippen LogP contribution in [0.2, 0.25) is 5.02 Å². The zero-order valence-electron chi connectivity index (χ0n) is 17.7. The van der Waals surface area contributed by atoms with E-state index in [-0.39, 0.29) is 4.57 Å². The molecular weight excluding hydrogens is 524 g/mol. The first-order valence-electron chi connectivity index (χ1n) is 9.52. The normalized spacial score (nSPS) is 16.9. The minimum atomic E-state index is -5.28. The van der Waals surface area contributed by atoms with Crippen molar-refractivity contribution < 1.29 is 46.9 Å². The lowest BCUT2D eigenvalue weighted by Crippen LogP contribution is -2.36. The number of carbonyl (C=O) groups is 3. The summed E-state index contributed by atoms with van der Waals surface area (Å²) in [5, 5.41) is 17.4. The molecule has 0 spiro atoms. The molecule has 1 aromatic heterocycles. The SMILES string of the molecule is Cn1c(C(F)(F)F)c(-c2cc(N=C3OC(CC(=O)O)C(=O)N3CC(=O)O)c(Cl)cc2F)c(=O)[nH]c1=O. The first-order valence-corrected chi connectivity index (χ1v) is 9.89. The second-order valence-electron chi connectivity index (χ2n) is 7.24. The van der Waals surface area contributed by atoms with E-state index >= 15 is 0 Å². The Kier molecular flexibility index (Phi) is 6.92. The molecule has 1 aliphatic rings. The monoisotopic (exact) mass is 536 g/mol. The fourth-order valence-electron chi connectivity index (χ4n) is 3.28. The molecule has 1 fully saturated rings. The molecule has 3 rings (SSSR count). The molecule has 192 valence electrons. The number of aromatic nitrogens is 2. The van der Waals surface area contributed by atoms with Gasteiger partial charge >= 0.3 is 29.8 Å². The molecule has 1 aliphatic heterocycles. The summed E-state index contributed by atoms with van der Waals surface area (Å²) < 4.78 is 61.0. The predicted octanol–water partition coefficient (Wildman–Crippen LogP) is 1.33. The first kappa shape index (κ1) is 26.4. The number of ether oxygens (including phenoxy) is 1. The number of carboxylic acids is 2. The van der Waals surface area contributed by atoms with Gasteiger partial charge in [0.1, 0.15) is 18.1 Å². The van der Waals surface area contributed by atoms with Gasteiger partial charge in [-0.3, -0.25) is 33.6 Å². The number of carboxylic acid groups (broad SMARTS) is 2. The van der Waals surface area contributed by atoms with Gasteiger partial charge in [-0.2, -0.15) is 18.2 Å². The Labute approximate surface area is 201 Å². The van der Waals surface area contributed by atoms with Crippen LogP contribution in [0.4, 0.5) is 23.2 Å². The molecule has 1 atom stereocenters. The highest BCUT2D eigenvalue weighted by molar-refractivity contribution is 6.33. The molecular formula is C19H13ClF4N4O8. The summed E-state index contributed by atoms with van der Waals surface area (Å²) in [5.74, 6) is -5.52. The van der Waals surface area contributed by atoms with Crippen molar-refractivity contribution in [2.24, 2.45) is 12.0 Å². The molecule has 17 heteroatoms. The van der Waals surface area contributed by atoms with Crippen molar-refractivity contribution >= 4 is 41.2 Å². The van der Waals surface area contributed by atoms with Gasteiger partial charge < -0.3 is 14.9 Å². The summed E-state index contributed by atoms with van der Waals surface area (Å²) in [7, 11) is 0.698. The number of amidine groups is 1. The third-order valence-corrected chi connectivity index (χ3v) is 5.09. The summed E-state index contributed by atoms with van der Waals surface area (Å²) in [4.78, 5) is 64.3. The Bertz CT molecular complexity index is 1430. The number of rotatable bonds is 6. The summed E-state index contributed by atoms with van der Waals surface area (Å²) in [5.41, 5.74) is -7.61. The van der Waals surface area contributed by atoms with Crippen molar-refractivity contribution in [3.05, 3.63) is 49.5 Å². The van der Waals surface area contributed by atoms with E-state index in [0.29, 0.717) is 24.1 Å². The van der Waals surface area contributed by atoms with Crippen LogP contribution in [0.15, 0.2) is 26.7 Å². The minimum Gasteiger partial charge on any atom is -0.481 e. The van der Waals surface area contributed by atoms with E-state index in [1.54, 1.807) is 4.98 Å². The number of hydrogen-bond donors (Lipinski definition) is 3. The van der Waals surface area contributed by atoms with Crippen molar-refractivity contribution in [1.29, 1.82) is 0 Å². The molecule has 1 amide bonds. The van der Waals surface area contributed by atoms with Crippen LogP contribution in [0.5, 0.6) is 0 Å². The van der Waals surface area contributed by atoms with Gasteiger partial charge in [-0.15, -0.1) is 0 Å². The highest BCUT2D eigenvalue weighted by atomic mass is 35.5. The Morgan fingerprint density at radius 3 is 2.39 bits per heavy atom. The van der Waals surface area contributed by atoms with E-state index in [1.165, 1.54) is 0 Å². The number of carbonyl (C=O) groups excluding carboxylic acids is 1. The number of aliphatic carboxylic acids is 2. The first-order chi connectivity index (χ1) is 16.6. The van der Waals surface area contributed by atoms with Gasteiger partial charge in [0, 0.05) is 12.6 Å². The fourth-order valence-corrected chi connectivity index (χ4v) is 3.48. The van der Waals surface area contributed by atoms with Gasteiger partial charge in [0.2, 0.25) is 0 Å². The van der Waals surface area contributed by atoms with E-state index in [9.17, 15) is 41.5 Å². The van der Waals surface area contributed by atoms with Crippen molar-refractivity contribution in [2.75, 3.05) is 6.54 Å². The smallest absolute Gasteiger partial charge is 0.432 e. The zero-order valence-corrected chi connectivity index (χ0v) is 18.5. The van der Waals surface area contributed by atoms with Gasteiger partial charge in [0.15, 0.2) is 6.10 Å². The molecule has 0 aliphatic carbocycles. The Balaban J connectivity index is 2.24. The number of nitrogens with one attached hydrogen (secondary N) is 1. The van der Waals surface area contributed by atoms with Crippen LogP contribution in [-0.4, -0.2) is 61.2 Å². The maximum absolute atomic E-state index is 14.7. The number of H-pyrrole nitrogens is 1. The second kappa shape index (κ2) is 9.44. The highest BCUT2D eigenvalue weighted by Crippen LogP contribution is 2.38. The van der Waals surface area contributed by atoms with Crippen LogP contribution in [0, 0.1) is 5.82 Å². The lowest BCUT2D eigenvalue weighted by atomic mass is 10.0. The van der Waals surface area contributed by atoms with Crippen LogP contribution in [0.3, 0.4) is 0 Å². The van der Waals surface area contributed by atoms with Gasteiger partial charge in [0.05, 0.1) is 22.7 Å². The number of aliphatic imine (C=N–C) groups is 1. The van der Waals surface area contributed by atoms with E-state index in [2.05, 4.69) is 4.99 Å². The van der Waals surface area contributed by atoms with Gasteiger partial charge in [-0.05, 0) is 12.1 Å². The predicted molar refractivity (Wildman–Crippen MR) is 111 cm³/mol. The molecule has 12 nitrogen and oxygen atoms in total. The van der Waals surface area contributed by atoms with Crippen molar-refractivity contribution in [3.8, 4) is 11.1 Å². The van der Waals surface area contributed by atoms with Gasteiger partial charge in [-0.25, -0.2) is 9.18 Å². The molecule has 3 N–H and O–H groups in total. The quantitative estimate of drug-likeness (QED) is 0.464. The third-order valence-electron chi connectivity index (χ3n) is 4.79. The molecule has 0 saturated carbocycles. The van der Waals surface area contributed by atoms with Crippen LogP contribution in [0.25, 0.3) is 11.1 Å². The molecule has 0 radical (unpaired) electrons. The molecule has 1 aromatic carbocycles. The lowest BCUT2D eigenvalue weighted by Gasteiger charge is -2.17. The van der Waals surface area contributed by atoms with Gasteiger partial charge in [-0.1, -0.05) is 11.6 Å². The fraction of sp³-hybridized carbons (Fsp3) is 0.263. The summed E-state index contributed by atoms with van der Waals surface area (Å²) in [6, 6.07) is 0.304. The Morgan fingerprint density at radius 2 is 1.83 bits per heavy atom. The van der Waals surface area contributed by atoms with Crippen LogP contribution >= 0.6 is 11.6 Å². The molecule has 1 saturated heterocycles. The molecule has 2 aromatic rings. The summed E-state index contributed by atoms with van der Waals surface area (Å²) in [6.45, 7) is -1.03. The average molecular weight is 537 g/mol. The number of hydrogen-bond acceptors (Lipinski definition) is 7. The largest absolute Gasteiger partial charge is 0.481 e. The summed E-state index contributed by atoms with van der Waals surface area (Å²) in [6.07, 6.45) is -7.83. The van der Waals surface area contributed by atoms with E-state index in [1.807, 2.05) is 0 Å².